The van der Waals surface area contributed by atoms with Crippen LogP contribution in [0.25, 0.3) is 10.9 Å². The third-order valence-electron chi connectivity index (χ3n) is 5.61. The van der Waals surface area contributed by atoms with Crippen molar-refractivity contribution in [3.05, 3.63) is 70.3 Å². The topological polar surface area (TPSA) is 6.89 Å². The number of hydrogen-bond donors (Lipinski definition) is 0. The smallest absolute Gasteiger partial charge is 0.673 e. The van der Waals surface area contributed by atoms with Gasteiger partial charge in [0.05, 0.1) is 15.8 Å². The lowest BCUT2D eigenvalue weighted by Gasteiger charge is -2.14. The minimum Gasteiger partial charge on any atom is -1.00 e. The maximum absolute atomic E-state index is 9.75. The molecule has 10 heteroatoms. The SMILES string of the molecule is CC1=[N+](C)c2ccccc2C1(C)C.CC[n+]1ccc(Cl)c2ccc(Cl)cc21.F[B-](F)(F)F.[I-]. The molecule has 1 aliphatic rings. The largest absolute Gasteiger partial charge is 1.00 e. The van der Waals surface area contributed by atoms with Crippen molar-refractivity contribution in [3.8, 4) is 0 Å². The number of aromatic nitrogens is 1. The predicted octanol–water partition coefficient (Wildman–Crippen LogP) is 4.47. The second-order valence-corrected chi connectivity index (χ2v) is 8.74. The Morgan fingerprint density at radius 2 is 1.55 bits per heavy atom. The van der Waals surface area contributed by atoms with Crippen molar-refractivity contribution in [3.63, 3.8) is 0 Å². The van der Waals surface area contributed by atoms with Gasteiger partial charge in [0.1, 0.15) is 13.6 Å². The van der Waals surface area contributed by atoms with Crippen molar-refractivity contribution in [2.45, 2.75) is 39.7 Å². The Labute approximate surface area is 219 Å². The van der Waals surface area contributed by atoms with Gasteiger partial charge in [-0.15, -0.1) is 0 Å². The molecule has 2 nitrogen and oxygen atoms in total. The van der Waals surface area contributed by atoms with Gasteiger partial charge in [-0.25, -0.2) is 4.58 Å². The van der Waals surface area contributed by atoms with Crippen LogP contribution in [-0.4, -0.2) is 24.6 Å². The molecule has 0 saturated carbocycles. The van der Waals surface area contributed by atoms with E-state index in [1.54, 1.807) is 0 Å². The average Bonchev–Trinajstić information content (AvgIpc) is 2.88. The Balaban J connectivity index is 0.000000269. The maximum atomic E-state index is 9.75. The van der Waals surface area contributed by atoms with Crippen molar-refractivity contribution >= 4 is 52.8 Å². The zero-order valence-electron chi connectivity index (χ0n) is 19.0. The monoisotopic (exact) mass is 614 g/mol. The first-order valence-corrected chi connectivity index (χ1v) is 10.8. The summed E-state index contributed by atoms with van der Waals surface area (Å²) in [6.45, 7) is 9.78. The fourth-order valence-corrected chi connectivity index (χ4v) is 4.02. The van der Waals surface area contributed by atoms with E-state index < -0.39 is 7.25 Å². The number of fused-ring (bicyclic) bond motifs is 2. The Kier molecular flexibility index (Phi) is 10.6. The molecule has 1 aromatic heterocycles. The second kappa shape index (κ2) is 11.8. The Morgan fingerprint density at radius 1 is 0.970 bits per heavy atom. The fourth-order valence-electron chi connectivity index (χ4n) is 3.64. The minimum absolute atomic E-state index is 0. The second-order valence-electron chi connectivity index (χ2n) is 7.89. The van der Waals surface area contributed by atoms with Crippen LogP contribution >= 0.6 is 23.2 Å². The van der Waals surface area contributed by atoms with E-state index >= 15 is 0 Å². The van der Waals surface area contributed by atoms with E-state index in [0.717, 1.165) is 27.5 Å². The van der Waals surface area contributed by atoms with Crippen LogP contribution in [0.1, 0.15) is 33.3 Å². The highest BCUT2D eigenvalue weighted by atomic mass is 127. The molecule has 0 spiro atoms. The Morgan fingerprint density at radius 3 is 2.09 bits per heavy atom. The number of para-hydroxylation sites is 1. The van der Waals surface area contributed by atoms with E-state index in [1.165, 1.54) is 17.0 Å². The summed E-state index contributed by atoms with van der Waals surface area (Å²) in [5.74, 6) is 0. The van der Waals surface area contributed by atoms with Crippen molar-refractivity contribution in [2.24, 2.45) is 0 Å². The van der Waals surface area contributed by atoms with E-state index in [0.29, 0.717) is 0 Å². The molecule has 180 valence electrons. The van der Waals surface area contributed by atoms with Gasteiger partial charge in [0, 0.05) is 35.7 Å². The number of halogens is 7. The van der Waals surface area contributed by atoms with Crippen molar-refractivity contribution < 1.29 is 50.4 Å². The minimum atomic E-state index is -6.00. The fraction of sp³-hybridized carbons (Fsp3) is 0.304. The van der Waals surface area contributed by atoms with E-state index in [4.69, 9.17) is 23.2 Å². The molecule has 0 saturated heterocycles. The average molecular weight is 615 g/mol. The lowest BCUT2D eigenvalue weighted by Crippen LogP contribution is -3.00. The van der Waals surface area contributed by atoms with E-state index in [9.17, 15) is 17.3 Å². The first-order chi connectivity index (χ1) is 14.8. The molecule has 0 atom stereocenters. The molecule has 0 N–H and O–H groups in total. The zero-order valence-corrected chi connectivity index (χ0v) is 22.7. The molecular formula is C23H26BCl2F4IN2. The normalized spacial score (nSPS) is 13.9. The van der Waals surface area contributed by atoms with Crippen LogP contribution in [0.3, 0.4) is 0 Å². The van der Waals surface area contributed by atoms with Gasteiger partial charge in [-0.1, -0.05) is 41.4 Å². The molecule has 0 fully saturated rings. The first-order valence-electron chi connectivity index (χ1n) is 10.1. The summed E-state index contributed by atoms with van der Waals surface area (Å²) in [5, 5.41) is 2.55. The van der Waals surface area contributed by atoms with Gasteiger partial charge >= 0.3 is 7.25 Å². The molecule has 0 amide bonds. The third kappa shape index (κ3) is 7.55. The van der Waals surface area contributed by atoms with Crippen LogP contribution < -0.4 is 28.5 Å². The summed E-state index contributed by atoms with van der Waals surface area (Å²) in [6, 6.07) is 16.3. The van der Waals surface area contributed by atoms with Gasteiger partial charge in [-0.2, -0.15) is 4.57 Å². The molecule has 0 unspecified atom stereocenters. The first kappa shape index (κ1) is 29.6. The molecule has 0 radical (unpaired) electrons. The molecule has 1 aliphatic heterocycles. The van der Waals surface area contributed by atoms with Crippen LogP contribution in [0, 0.1) is 0 Å². The van der Waals surface area contributed by atoms with Gasteiger partial charge in [0.15, 0.2) is 11.9 Å². The van der Waals surface area contributed by atoms with E-state index in [-0.39, 0.29) is 29.4 Å². The summed E-state index contributed by atoms with van der Waals surface area (Å²) >= 11 is 12.0. The van der Waals surface area contributed by atoms with E-state index in [2.05, 4.69) is 68.2 Å². The van der Waals surface area contributed by atoms with Gasteiger partial charge in [-0.05, 0) is 32.9 Å². The molecular weight excluding hydrogens is 589 g/mol. The van der Waals surface area contributed by atoms with Gasteiger partial charge < -0.3 is 41.2 Å². The Hall–Kier alpha value is -1.39. The highest BCUT2D eigenvalue weighted by Gasteiger charge is 2.40. The van der Waals surface area contributed by atoms with Crippen LogP contribution in [0.4, 0.5) is 23.0 Å². The molecule has 4 rings (SSSR count). The van der Waals surface area contributed by atoms with Gasteiger partial charge in [0.2, 0.25) is 11.2 Å². The third-order valence-corrected chi connectivity index (χ3v) is 6.18. The summed E-state index contributed by atoms with van der Waals surface area (Å²) in [6.07, 6.45) is 1.97. The van der Waals surface area contributed by atoms with Crippen LogP contribution in [-0.2, 0) is 12.0 Å². The number of pyridine rings is 1. The predicted molar refractivity (Wildman–Crippen MR) is 126 cm³/mol. The summed E-state index contributed by atoms with van der Waals surface area (Å²) in [4.78, 5) is 0. The van der Waals surface area contributed by atoms with Crippen molar-refractivity contribution in [1.82, 2.24) is 0 Å². The number of benzene rings is 2. The number of aryl methyl sites for hydroxylation is 1. The van der Waals surface area contributed by atoms with Crippen LogP contribution in [0.15, 0.2) is 54.7 Å². The molecule has 2 aromatic carbocycles. The van der Waals surface area contributed by atoms with Crippen LogP contribution in [0.5, 0.6) is 0 Å². The van der Waals surface area contributed by atoms with Gasteiger partial charge in [0.25, 0.3) is 0 Å². The molecule has 33 heavy (non-hydrogen) atoms. The highest BCUT2D eigenvalue weighted by Crippen LogP contribution is 2.38. The molecule has 0 bridgehead atoms. The number of hydrogen-bond acceptors (Lipinski definition) is 0. The van der Waals surface area contributed by atoms with Crippen molar-refractivity contribution in [2.75, 3.05) is 7.05 Å². The summed E-state index contributed by atoms with van der Waals surface area (Å²) < 4.78 is 43.4. The standard InChI is InChI=1S/C12H16N.C11H10Cl2N.BF4.HI/c1-9-12(2,3)10-7-5-6-8-11(10)13(9)4;1-2-14-6-5-10(13)9-4-3-8(12)7-11(9)14;2-1(3,4)5;/h5-8H,1-4H3;3-7H,2H2,1H3;;1H/q2*+1;-1;/p-1. The lowest BCUT2D eigenvalue weighted by atomic mass is 9.82. The summed E-state index contributed by atoms with van der Waals surface area (Å²) in [5.41, 5.74) is 5.49. The van der Waals surface area contributed by atoms with Crippen LogP contribution in [0.2, 0.25) is 10.0 Å². The number of rotatable bonds is 1. The quantitative estimate of drug-likeness (QED) is 0.165. The zero-order chi connectivity index (χ0) is 24.3. The number of nitrogens with zero attached hydrogens (tertiary/aromatic N) is 2. The maximum Gasteiger partial charge on any atom is 0.673 e. The van der Waals surface area contributed by atoms with E-state index in [1.807, 2.05) is 30.5 Å². The molecule has 0 aliphatic carbocycles. The highest BCUT2D eigenvalue weighted by molar-refractivity contribution is 6.50. The lowest BCUT2D eigenvalue weighted by molar-refractivity contribution is -0.667. The molecule has 3 aromatic rings. The Bertz CT molecular complexity index is 1140. The van der Waals surface area contributed by atoms with Crippen molar-refractivity contribution in [1.29, 1.82) is 0 Å². The summed E-state index contributed by atoms with van der Waals surface area (Å²) in [7, 11) is -3.86. The molecule has 2 heterocycles. The van der Waals surface area contributed by atoms with Gasteiger partial charge in [-0.3, -0.25) is 0 Å².